The predicted octanol–water partition coefficient (Wildman–Crippen LogP) is 2.31. The van der Waals surface area contributed by atoms with Crippen LogP contribution in [0.5, 0.6) is 0 Å². The zero-order chi connectivity index (χ0) is 26.0. The smallest absolute Gasteiger partial charge is 0.407 e. The average Bonchev–Trinajstić information content (AvgIpc) is 3.26. The molecule has 10 nitrogen and oxygen atoms in total. The first kappa shape index (κ1) is 26.3. The number of carbonyl (C=O) groups is 1. The van der Waals surface area contributed by atoms with E-state index in [0.717, 1.165) is 16.8 Å². The van der Waals surface area contributed by atoms with Gasteiger partial charge < -0.3 is 15.0 Å². The summed E-state index contributed by atoms with van der Waals surface area (Å²) in [5.41, 5.74) is 0.0875. The number of benzene rings is 1. The Morgan fingerprint density at radius 3 is 2.56 bits per heavy atom. The van der Waals surface area contributed by atoms with Crippen LogP contribution < -0.4 is 20.5 Å². The van der Waals surface area contributed by atoms with E-state index in [4.69, 9.17) is 16.3 Å². The second-order valence-electron chi connectivity index (χ2n) is 8.92. The fraction of sp³-hybridized carbons (Fsp3) is 0.500. The summed E-state index contributed by atoms with van der Waals surface area (Å²) in [6.45, 7) is 0.920. The highest BCUT2D eigenvalue weighted by Gasteiger charge is 2.31. The van der Waals surface area contributed by atoms with Crippen LogP contribution in [0.2, 0.25) is 5.02 Å². The van der Waals surface area contributed by atoms with Crippen LogP contribution in [0.15, 0.2) is 34.1 Å². The first-order valence-electron chi connectivity index (χ1n) is 11.4. The standard InChI is InChI=1S/C22H26ClF2N5O5S/c1-29-21(31)20(23)18(11-26-29)30-9-8-16(12-30)35-22(32)27-14-3-5-15(6-4-14)28-36(33,34)19-7-2-13(24)10-17(19)25/h2,7,10-11,14-16,28H,3-6,8-9,12H2,1H3,(H,27,32)/t14?,15?,16-/m1/s1. The second-order valence-corrected chi connectivity index (χ2v) is 11.0. The van der Waals surface area contributed by atoms with Gasteiger partial charge in [0.2, 0.25) is 10.0 Å². The molecule has 2 fully saturated rings. The van der Waals surface area contributed by atoms with Crippen LogP contribution in [0.1, 0.15) is 32.1 Å². The van der Waals surface area contributed by atoms with Gasteiger partial charge in [-0.2, -0.15) is 5.10 Å². The molecule has 36 heavy (non-hydrogen) atoms. The number of anilines is 1. The van der Waals surface area contributed by atoms with E-state index >= 15 is 0 Å². The zero-order valence-corrected chi connectivity index (χ0v) is 21.0. The van der Waals surface area contributed by atoms with Gasteiger partial charge in [0.05, 0.1) is 18.4 Å². The number of hydrogen-bond donors (Lipinski definition) is 2. The summed E-state index contributed by atoms with van der Waals surface area (Å²) < 4.78 is 61.1. The number of alkyl carbamates (subject to hydrolysis) is 1. The van der Waals surface area contributed by atoms with Gasteiger partial charge in [-0.1, -0.05) is 11.6 Å². The molecule has 0 radical (unpaired) electrons. The molecule has 0 spiro atoms. The average molecular weight is 546 g/mol. The van der Waals surface area contributed by atoms with Crippen LogP contribution in [0, 0.1) is 11.6 Å². The van der Waals surface area contributed by atoms with Crippen molar-refractivity contribution in [3.8, 4) is 0 Å². The van der Waals surface area contributed by atoms with Crippen LogP contribution in [0.4, 0.5) is 19.3 Å². The van der Waals surface area contributed by atoms with E-state index in [1.165, 1.54) is 13.2 Å². The van der Waals surface area contributed by atoms with E-state index in [0.29, 0.717) is 56.9 Å². The van der Waals surface area contributed by atoms with Crippen molar-refractivity contribution in [1.82, 2.24) is 19.8 Å². The molecule has 1 aliphatic carbocycles. The minimum atomic E-state index is -4.14. The number of aryl methyl sites for hydroxylation is 1. The van der Waals surface area contributed by atoms with Crippen molar-refractivity contribution in [3.63, 3.8) is 0 Å². The Kier molecular flexibility index (Phi) is 7.81. The molecule has 0 bridgehead atoms. The molecule has 2 aromatic rings. The Bertz CT molecular complexity index is 1300. The Balaban J connectivity index is 1.23. The summed E-state index contributed by atoms with van der Waals surface area (Å²) in [5, 5.41) is 6.85. The summed E-state index contributed by atoms with van der Waals surface area (Å²) in [6.07, 6.45) is 2.96. The molecule has 2 aliphatic rings. The molecule has 4 rings (SSSR count). The van der Waals surface area contributed by atoms with Crippen LogP contribution >= 0.6 is 11.6 Å². The molecular formula is C22H26ClF2N5O5S. The van der Waals surface area contributed by atoms with Gasteiger partial charge in [0.25, 0.3) is 5.56 Å². The van der Waals surface area contributed by atoms with Crippen molar-refractivity contribution in [2.45, 2.75) is 55.2 Å². The lowest BCUT2D eigenvalue weighted by Crippen LogP contribution is -2.44. The van der Waals surface area contributed by atoms with E-state index in [9.17, 15) is 26.8 Å². The minimum absolute atomic E-state index is 0.0622. The highest BCUT2D eigenvalue weighted by Crippen LogP contribution is 2.26. The van der Waals surface area contributed by atoms with Crippen molar-refractivity contribution in [1.29, 1.82) is 0 Å². The molecule has 0 unspecified atom stereocenters. The lowest BCUT2D eigenvalue weighted by molar-refractivity contribution is 0.102. The predicted molar refractivity (Wildman–Crippen MR) is 127 cm³/mol. The van der Waals surface area contributed by atoms with Gasteiger partial charge in [0.1, 0.15) is 27.7 Å². The Morgan fingerprint density at radius 2 is 1.86 bits per heavy atom. The number of aromatic nitrogens is 2. The molecule has 2 heterocycles. The monoisotopic (exact) mass is 545 g/mol. The molecule has 1 aromatic carbocycles. The fourth-order valence-corrected chi connectivity index (χ4v) is 6.10. The number of sulfonamides is 1. The Hall–Kier alpha value is -2.77. The fourth-order valence-electron chi connectivity index (χ4n) is 4.45. The molecule has 196 valence electrons. The largest absolute Gasteiger partial charge is 0.444 e. The van der Waals surface area contributed by atoms with Gasteiger partial charge in [-0.3, -0.25) is 4.79 Å². The normalized spacial score (nSPS) is 22.4. The number of amides is 1. The second kappa shape index (κ2) is 10.7. The number of ether oxygens (including phenoxy) is 1. The van der Waals surface area contributed by atoms with Crippen LogP contribution in [-0.4, -0.2) is 55.6 Å². The van der Waals surface area contributed by atoms with E-state index < -0.39 is 44.2 Å². The Morgan fingerprint density at radius 1 is 1.17 bits per heavy atom. The first-order valence-corrected chi connectivity index (χ1v) is 13.3. The maximum absolute atomic E-state index is 13.9. The third-order valence-corrected chi connectivity index (χ3v) is 8.28. The molecule has 2 N–H and O–H groups in total. The minimum Gasteiger partial charge on any atom is -0.444 e. The maximum atomic E-state index is 13.9. The van der Waals surface area contributed by atoms with Crippen LogP contribution in [0.25, 0.3) is 0 Å². The molecule has 1 atom stereocenters. The molecule has 1 saturated heterocycles. The van der Waals surface area contributed by atoms with Gasteiger partial charge in [-0.05, 0) is 37.8 Å². The molecular weight excluding hydrogens is 520 g/mol. The molecule has 1 amide bonds. The van der Waals surface area contributed by atoms with Crippen molar-refractivity contribution in [2.75, 3.05) is 18.0 Å². The number of hydrogen-bond acceptors (Lipinski definition) is 7. The highest BCUT2D eigenvalue weighted by atomic mass is 35.5. The van der Waals surface area contributed by atoms with E-state index in [1.807, 2.05) is 4.90 Å². The van der Waals surface area contributed by atoms with Crippen molar-refractivity contribution in [3.05, 3.63) is 51.4 Å². The van der Waals surface area contributed by atoms with E-state index in [1.54, 1.807) is 0 Å². The van der Waals surface area contributed by atoms with Gasteiger partial charge in [0.15, 0.2) is 0 Å². The van der Waals surface area contributed by atoms with Gasteiger partial charge in [0, 0.05) is 38.2 Å². The number of halogens is 3. The van der Waals surface area contributed by atoms with Crippen LogP contribution in [-0.2, 0) is 21.8 Å². The van der Waals surface area contributed by atoms with Crippen molar-refractivity contribution in [2.24, 2.45) is 7.05 Å². The molecule has 14 heteroatoms. The SMILES string of the molecule is Cn1ncc(N2CC[C@@H](OC(=O)NC3CCC(NS(=O)(=O)c4ccc(F)cc4F)CC3)C2)c(Cl)c1=O. The summed E-state index contributed by atoms with van der Waals surface area (Å²) in [5.74, 6) is -2.01. The maximum Gasteiger partial charge on any atom is 0.407 e. The van der Waals surface area contributed by atoms with Gasteiger partial charge >= 0.3 is 6.09 Å². The van der Waals surface area contributed by atoms with Crippen molar-refractivity contribution < 1.29 is 26.7 Å². The van der Waals surface area contributed by atoms with E-state index in [-0.39, 0.29) is 17.2 Å². The van der Waals surface area contributed by atoms with E-state index in [2.05, 4.69) is 15.1 Å². The number of rotatable bonds is 6. The molecule has 1 aromatic heterocycles. The topological polar surface area (TPSA) is 123 Å². The lowest BCUT2D eigenvalue weighted by Gasteiger charge is -2.29. The lowest BCUT2D eigenvalue weighted by atomic mass is 9.92. The zero-order valence-electron chi connectivity index (χ0n) is 19.4. The van der Waals surface area contributed by atoms with Crippen LogP contribution in [0.3, 0.4) is 0 Å². The summed E-state index contributed by atoms with van der Waals surface area (Å²) in [7, 11) is -2.64. The molecule has 1 saturated carbocycles. The Labute approximate surface area is 211 Å². The number of nitrogens with one attached hydrogen (secondary N) is 2. The van der Waals surface area contributed by atoms with Crippen molar-refractivity contribution >= 4 is 33.4 Å². The quantitative estimate of drug-likeness (QED) is 0.571. The highest BCUT2D eigenvalue weighted by molar-refractivity contribution is 7.89. The number of carbonyl (C=O) groups excluding carboxylic acids is 1. The first-order chi connectivity index (χ1) is 17.0. The van der Waals surface area contributed by atoms with Gasteiger partial charge in [-0.25, -0.2) is 31.4 Å². The third-order valence-electron chi connectivity index (χ3n) is 6.37. The van der Waals surface area contributed by atoms with Gasteiger partial charge in [-0.15, -0.1) is 0 Å². The number of nitrogens with zero attached hydrogens (tertiary/aromatic N) is 3. The third kappa shape index (κ3) is 5.95. The summed E-state index contributed by atoms with van der Waals surface area (Å²) in [6, 6.07) is 1.67. The summed E-state index contributed by atoms with van der Waals surface area (Å²) in [4.78, 5) is 25.7. The summed E-state index contributed by atoms with van der Waals surface area (Å²) >= 11 is 6.15. The molecule has 1 aliphatic heterocycles.